The van der Waals surface area contributed by atoms with E-state index in [1.807, 2.05) is 13.8 Å². The molecule has 1 amide bonds. The quantitative estimate of drug-likeness (QED) is 0.378. The van der Waals surface area contributed by atoms with E-state index >= 15 is 0 Å². The molecule has 0 aliphatic carbocycles. The van der Waals surface area contributed by atoms with Crippen molar-refractivity contribution in [2.75, 3.05) is 13.1 Å². The van der Waals surface area contributed by atoms with Crippen molar-refractivity contribution in [1.82, 2.24) is 15.0 Å². The maximum absolute atomic E-state index is 13.1. The molecule has 0 aliphatic heterocycles. The van der Waals surface area contributed by atoms with Crippen LogP contribution in [0.15, 0.2) is 53.1 Å². The summed E-state index contributed by atoms with van der Waals surface area (Å²) in [6.07, 6.45) is 0.527. The van der Waals surface area contributed by atoms with Gasteiger partial charge in [-0.2, -0.15) is 4.98 Å². The molecular formula is C22H23FN4O4. The number of rotatable bonds is 9. The van der Waals surface area contributed by atoms with E-state index in [1.165, 1.54) is 24.3 Å². The van der Waals surface area contributed by atoms with Gasteiger partial charge in [0.25, 0.3) is 5.69 Å². The van der Waals surface area contributed by atoms with Crippen molar-refractivity contribution in [1.29, 1.82) is 0 Å². The fraction of sp³-hybridized carbons (Fsp3) is 0.318. The van der Waals surface area contributed by atoms with Gasteiger partial charge in [-0.05, 0) is 23.6 Å². The number of aromatic nitrogens is 2. The molecule has 0 unspecified atom stereocenters. The third-order valence-corrected chi connectivity index (χ3v) is 4.59. The second-order valence-corrected chi connectivity index (χ2v) is 7.61. The largest absolute Gasteiger partial charge is 0.342 e. The van der Waals surface area contributed by atoms with Gasteiger partial charge < -0.3 is 9.42 Å². The first-order valence-corrected chi connectivity index (χ1v) is 9.91. The zero-order valence-electron chi connectivity index (χ0n) is 17.3. The van der Waals surface area contributed by atoms with Crippen LogP contribution in [0.2, 0.25) is 0 Å². The van der Waals surface area contributed by atoms with E-state index in [9.17, 15) is 19.3 Å². The molecule has 0 fully saturated rings. The zero-order valence-corrected chi connectivity index (χ0v) is 17.3. The number of carbonyl (C=O) groups is 1. The number of amides is 1. The number of hydrogen-bond acceptors (Lipinski definition) is 6. The topological polar surface area (TPSA) is 102 Å². The van der Waals surface area contributed by atoms with Crippen LogP contribution in [-0.4, -0.2) is 39.0 Å². The highest BCUT2D eigenvalue weighted by Gasteiger charge is 2.18. The first-order valence-electron chi connectivity index (χ1n) is 9.91. The van der Waals surface area contributed by atoms with Gasteiger partial charge in [-0.1, -0.05) is 43.3 Å². The molecule has 0 saturated carbocycles. The molecule has 0 radical (unpaired) electrons. The van der Waals surface area contributed by atoms with Gasteiger partial charge in [0.1, 0.15) is 5.82 Å². The average molecular weight is 426 g/mol. The van der Waals surface area contributed by atoms with Crippen LogP contribution >= 0.6 is 0 Å². The first-order chi connectivity index (χ1) is 14.8. The van der Waals surface area contributed by atoms with Crippen LogP contribution in [0, 0.1) is 21.8 Å². The van der Waals surface area contributed by atoms with Gasteiger partial charge in [0.2, 0.25) is 17.6 Å². The Morgan fingerprint density at radius 2 is 1.97 bits per heavy atom. The molecule has 2 aromatic carbocycles. The van der Waals surface area contributed by atoms with Crippen LogP contribution in [0.25, 0.3) is 11.4 Å². The molecule has 1 aromatic heterocycles. The molecule has 3 rings (SSSR count). The van der Waals surface area contributed by atoms with Crippen molar-refractivity contribution in [3.63, 3.8) is 0 Å². The third-order valence-electron chi connectivity index (χ3n) is 4.59. The molecule has 0 N–H and O–H groups in total. The van der Waals surface area contributed by atoms with Gasteiger partial charge in [-0.3, -0.25) is 14.9 Å². The highest BCUT2D eigenvalue weighted by molar-refractivity contribution is 5.78. The minimum atomic E-state index is -0.485. The maximum atomic E-state index is 13.1. The Morgan fingerprint density at radius 1 is 1.23 bits per heavy atom. The van der Waals surface area contributed by atoms with E-state index in [4.69, 9.17) is 4.52 Å². The fourth-order valence-corrected chi connectivity index (χ4v) is 3.11. The zero-order chi connectivity index (χ0) is 22.4. The van der Waals surface area contributed by atoms with E-state index in [2.05, 4.69) is 10.1 Å². The normalized spacial score (nSPS) is 11.0. The molecular weight excluding hydrogens is 403 g/mol. The maximum Gasteiger partial charge on any atom is 0.270 e. The lowest BCUT2D eigenvalue weighted by Crippen LogP contribution is -2.37. The number of nitrogens with zero attached hydrogens (tertiary/aromatic N) is 4. The lowest BCUT2D eigenvalue weighted by Gasteiger charge is -2.24. The van der Waals surface area contributed by atoms with Crippen LogP contribution in [0.4, 0.5) is 10.1 Å². The van der Waals surface area contributed by atoms with Gasteiger partial charge in [0, 0.05) is 37.2 Å². The van der Waals surface area contributed by atoms with Crippen LogP contribution < -0.4 is 0 Å². The van der Waals surface area contributed by atoms with Gasteiger partial charge in [-0.15, -0.1) is 0 Å². The Bertz CT molecular complexity index is 1050. The van der Waals surface area contributed by atoms with Gasteiger partial charge in [0.15, 0.2) is 0 Å². The lowest BCUT2D eigenvalue weighted by molar-refractivity contribution is -0.384. The Hall–Kier alpha value is -3.62. The van der Waals surface area contributed by atoms with E-state index in [1.54, 1.807) is 29.2 Å². The van der Waals surface area contributed by atoms with Crippen LogP contribution in [-0.2, 0) is 17.6 Å². The highest BCUT2D eigenvalue weighted by atomic mass is 19.1. The molecule has 31 heavy (non-hydrogen) atoms. The van der Waals surface area contributed by atoms with Crippen molar-refractivity contribution in [3.05, 3.63) is 75.9 Å². The Kier molecular flexibility index (Phi) is 7.07. The summed E-state index contributed by atoms with van der Waals surface area (Å²) in [5, 5.41) is 14.9. The molecule has 0 spiro atoms. The Morgan fingerprint density at radius 3 is 2.65 bits per heavy atom. The summed E-state index contributed by atoms with van der Waals surface area (Å²) in [6.45, 7) is 4.98. The molecule has 0 saturated heterocycles. The summed E-state index contributed by atoms with van der Waals surface area (Å²) < 4.78 is 18.4. The van der Waals surface area contributed by atoms with Gasteiger partial charge >= 0.3 is 0 Å². The number of benzene rings is 2. The lowest BCUT2D eigenvalue weighted by atomic mass is 10.1. The average Bonchev–Trinajstić information content (AvgIpc) is 3.21. The van der Waals surface area contributed by atoms with Gasteiger partial charge in [-0.25, -0.2) is 4.39 Å². The van der Waals surface area contributed by atoms with Crippen LogP contribution in [0.5, 0.6) is 0 Å². The number of carbonyl (C=O) groups excluding carboxylic acids is 1. The predicted molar refractivity (Wildman–Crippen MR) is 112 cm³/mol. The highest BCUT2D eigenvalue weighted by Crippen LogP contribution is 2.21. The minimum absolute atomic E-state index is 0.0571. The van der Waals surface area contributed by atoms with E-state index in [0.717, 1.165) is 5.56 Å². The second kappa shape index (κ2) is 9.92. The molecule has 8 nitrogen and oxygen atoms in total. The van der Waals surface area contributed by atoms with Crippen LogP contribution in [0.1, 0.15) is 25.3 Å². The van der Waals surface area contributed by atoms with E-state index in [-0.39, 0.29) is 35.6 Å². The summed E-state index contributed by atoms with van der Waals surface area (Å²) in [5.74, 6) is 0.446. The SMILES string of the molecule is CC(C)CN(CCc1nc(-c2cccc([N+](=O)[O-])c2)no1)C(=O)Cc1ccc(F)cc1. The standard InChI is InChI=1S/C22H23FN4O4/c1-15(2)14-26(21(28)12-16-6-8-18(23)9-7-16)11-10-20-24-22(25-31-20)17-4-3-5-19(13-17)27(29)30/h3-9,13,15H,10-12,14H2,1-2H3. The Balaban J connectivity index is 1.66. The van der Waals surface area contributed by atoms with Crippen molar-refractivity contribution >= 4 is 11.6 Å². The monoisotopic (exact) mass is 426 g/mol. The predicted octanol–water partition coefficient (Wildman–Crippen LogP) is 4.05. The number of halogens is 1. The summed E-state index contributed by atoms with van der Waals surface area (Å²) >= 11 is 0. The minimum Gasteiger partial charge on any atom is -0.342 e. The molecule has 3 aromatic rings. The smallest absolute Gasteiger partial charge is 0.270 e. The molecule has 0 bridgehead atoms. The summed E-state index contributed by atoms with van der Waals surface area (Å²) in [6, 6.07) is 11.9. The third kappa shape index (κ3) is 6.18. The van der Waals surface area contributed by atoms with Crippen molar-refractivity contribution < 1.29 is 18.6 Å². The number of hydrogen-bond donors (Lipinski definition) is 0. The second-order valence-electron chi connectivity index (χ2n) is 7.61. The Labute approximate surface area is 178 Å². The first kappa shape index (κ1) is 22.1. The summed E-state index contributed by atoms with van der Waals surface area (Å²) in [7, 11) is 0. The fourth-order valence-electron chi connectivity index (χ4n) is 3.11. The number of nitro benzene ring substituents is 1. The summed E-state index contributed by atoms with van der Waals surface area (Å²) in [5.41, 5.74) is 1.17. The molecule has 1 heterocycles. The van der Waals surface area contributed by atoms with Crippen molar-refractivity contribution in [2.24, 2.45) is 5.92 Å². The molecule has 0 atom stereocenters. The number of nitro groups is 1. The van der Waals surface area contributed by atoms with Crippen LogP contribution in [0.3, 0.4) is 0 Å². The number of non-ortho nitro benzene ring substituents is 1. The molecule has 162 valence electrons. The van der Waals surface area contributed by atoms with Crippen molar-refractivity contribution in [2.45, 2.75) is 26.7 Å². The van der Waals surface area contributed by atoms with E-state index in [0.29, 0.717) is 31.0 Å². The molecule has 9 heteroatoms. The van der Waals surface area contributed by atoms with Crippen molar-refractivity contribution in [3.8, 4) is 11.4 Å². The molecule has 0 aliphatic rings. The van der Waals surface area contributed by atoms with E-state index < -0.39 is 4.92 Å². The van der Waals surface area contributed by atoms with Gasteiger partial charge in [0.05, 0.1) is 11.3 Å². The summed E-state index contributed by atoms with van der Waals surface area (Å²) in [4.78, 5) is 29.3.